The molecule has 2 rings (SSSR count). The zero-order valence-electron chi connectivity index (χ0n) is 12.0. The summed E-state index contributed by atoms with van der Waals surface area (Å²) in [5.74, 6) is -0.0910. The van der Waals surface area contributed by atoms with Gasteiger partial charge in [-0.15, -0.1) is 11.8 Å². The van der Waals surface area contributed by atoms with Crippen LogP contribution in [0.4, 0.5) is 0 Å². The van der Waals surface area contributed by atoms with Crippen molar-refractivity contribution in [3.63, 3.8) is 0 Å². The third-order valence-corrected chi connectivity index (χ3v) is 4.86. The van der Waals surface area contributed by atoms with Gasteiger partial charge in [0.1, 0.15) is 0 Å². The third kappa shape index (κ3) is 4.53. The molecule has 1 aliphatic carbocycles. The van der Waals surface area contributed by atoms with Gasteiger partial charge in [-0.05, 0) is 62.1 Å². The Hall–Kier alpha value is -1.00. The minimum Gasteiger partial charge on any atom is -0.481 e. The second-order valence-electron chi connectivity index (χ2n) is 5.53. The van der Waals surface area contributed by atoms with E-state index in [1.165, 1.54) is 10.5 Å². The van der Waals surface area contributed by atoms with Crippen molar-refractivity contribution >= 4 is 17.7 Å². The lowest BCUT2D eigenvalue weighted by molar-refractivity contribution is -0.143. The zero-order valence-corrected chi connectivity index (χ0v) is 12.8. The molecule has 20 heavy (non-hydrogen) atoms. The van der Waals surface area contributed by atoms with Gasteiger partial charge < -0.3 is 10.4 Å². The Balaban J connectivity index is 1.67. The molecule has 0 bridgehead atoms. The molecule has 0 atom stereocenters. The van der Waals surface area contributed by atoms with Crippen molar-refractivity contribution in [3.8, 4) is 0 Å². The minimum atomic E-state index is -0.620. The van der Waals surface area contributed by atoms with Crippen molar-refractivity contribution in [1.82, 2.24) is 5.32 Å². The van der Waals surface area contributed by atoms with Gasteiger partial charge in [-0.1, -0.05) is 12.1 Å². The molecule has 0 radical (unpaired) electrons. The number of carboxylic acids is 1. The Labute approximate surface area is 125 Å². The fourth-order valence-corrected chi connectivity index (χ4v) is 3.19. The van der Waals surface area contributed by atoms with Crippen LogP contribution in [0.5, 0.6) is 0 Å². The number of hydrogen-bond acceptors (Lipinski definition) is 3. The molecule has 3 nitrogen and oxygen atoms in total. The van der Waals surface area contributed by atoms with Crippen LogP contribution in [0.15, 0.2) is 29.2 Å². The van der Waals surface area contributed by atoms with Crippen LogP contribution in [-0.4, -0.2) is 23.9 Å². The van der Waals surface area contributed by atoms with Gasteiger partial charge in [0.15, 0.2) is 0 Å². The summed E-state index contributed by atoms with van der Waals surface area (Å²) >= 11 is 1.76. The molecular formula is C16H23NO2S. The van der Waals surface area contributed by atoms with Gasteiger partial charge >= 0.3 is 5.97 Å². The first-order valence-electron chi connectivity index (χ1n) is 7.25. The lowest BCUT2D eigenvalue weighted by Crippen LogP contribution is -2.28. The Morgan fingerprint density at radius 3 is 2.45 bits per heavy atom. The number of aliphatic carboxylic acids is 1. The zero-order chi connectivity index (χ0) is 14.4. The number of rotatable bonds is 6. The number of carboxylic acid groups (broad SMARTS) is 1. The van der Waals surface area contributed by atoms with Crippen LogP contribution in [0.3, 0.4) is 0 Å². The Morgan fingerprint density at radius 1 is 1.25 bits per heavy atom. The highest BCUT2D eigenvalue weighted by atomic mass is 32.2. The second kappa shape index (κ2) is 7.70. The fraction of sp³-hybridized carbons (Fsp3) is 0.562. The molecular weight excluding hydrogens is 270 g/mol. The van der Waals surface area contributed by atoms with Crippen molar-refractivity contribution in [2.45, 2.75) is 37.1 Å². The molecule has 1 aromatic rings. The quantitative estimate of drug-likeness (QED) is 0.789. The van der Waals surface area contributed by atoms with E-state index in [0.29, 0.717) is 5.92 Å². The molecule has 0 heterocycles. The fourth-order valence-electron chi connectivity index (χ4n) is 2.78. The maximum atomic E-state index is 10.9. The SMILES string of the molecule is CSc1ccc(CNCC2CCC(C(=O)O)CC2)cc1. The maximum Gasteiger partial charge on any atom is 0.306 e. The highest BCUT2D eigenvalue weighted by molar-refractivity contribution is 7.98. The molecule has 1 aliphatic rings. The second-order valence-corrected chi connectivity index (χ2v) is 6.41. The van der Waals surface area contributed by atoms with Gasteiger partial charge in [0.25, 0.3) is 0 Å². The van der Waals surface area contributed by atoms with Crippen molar-refractivity contribution in [2.24, 2.45) is 11.8 Å². The molecule has 1 fully saturated rings. The summed E-state index contributed by atoms with van der Waals surface area (Å²) in [6.45, 7) is 1.89. The van der Waals surface area contributed by atoms with E-state index >= 15 is 0 Å². The van der Waals surface area contributed by atoms with Crippen LogP contribution >= 0.6 is 11.8 Å². The summed E-state index contributed by atoms with van der Waals surface area (Å²) in [6.07, 6.45) is 5.83. The maximum absolute atomic E-state index is 10.9. The lowest BCUT2D eigenvalue weighted by Gasteiger charge is -2.26. The van der Waals surface area contributed by atoms with Gasteiger partial charge in [-0.3, -0.25) is 4.79 Å². The van der Waals surface area contributed by atoms with E-state index in [1.54, 1.807) is 11.8 Å². The van der Waals surface area contributed by atoms with Crippen molar-refractivity contribution in [3.05, 3.63) is 29.8 Å². The number of carbonyl (C=O) groups is 1. The van der Waals surface area contributed by atoms with Gasteiger partial charge in [0.2, 0.25) is 0 Å². The number of benzene rings is 1. The average Bonchev–Trinajstić information content (AvgIpc) is 2.48. The smallest absolute Gasteiger partial charge is 0.306 e. The first kappa shape index (κ1) is 15.4. The Morgan fingerprint density at radius 2 is 1.90 bits per heavy atom. The van der Waals surface area contributed by atoms with Crippen molar-refractivity contribution < 1.29 is 9.90 Å². The van der Waals surface area contributed by atoms with Gasteiger partial charge in [-0.2, -0.15) is 0 Å². The first-order valence-corrected chi connectivity index (χ1v) is 8.48. The van der Waals surface area contributed by atoms with E-state index < -0.39 is 5.97 Å². The van der Waals surface area contributed by atoms with Crippen LogP contribution < -0.4 is 5.32 Å². The van der Waals surface area contributed by atoms with Gasteiger partial charge in [0, 0.05) is 11.4 Å². The van der Waals surface area contributed by atoms with E-state index in [9.17, 15) is 4.79 Å². The molecule has 1 aromatic carbocycles. The van der Waals surface area contributed by atoms with Crippen LogP contribution in [0.2, 0.25) is 0 Å². The largest absolute Gasteiger partial charge is 0.481 e. The summed E-state index contributed by atoms with van der Waals surface area (Å²) in [4.78, 5) is 12.2. The summed E-state index contributed by atoms with van der Waals surface area (Å²) in [5.41, 5.74) is 1.31. The van der Waals surface area contributed by atoms with E-state index in [1.807, 2.05) is 0 Å². The standard InChI is InChI=1S/C16H23NO2S/c1-20-15-8-4-13(5-9-15)11-17-10-12-2-6-14(7-3-12)16(18)19/h4-5,8-9,12,14,17H,2-3,6-7,10-11H2,1H3,(H,18,19). The summed E-state index contributed by atoms with van der Waals surface area (Å²) in [5, 5.41) is 12.5. The Kier molecular flexibility index (Phi) is 5.92. The molecule has 0 aliphatic heterocycles. The third-order valence-electron chi connectivity index (χ3n) is 4.12. The van der Waals surface area contributed by atoms with Crippen LogP contribution in [0.25, 0.3) is 0 Å². The predicted molar refractivity (Wildman–Crippen MR) is 83.0 cm³/mol. The molecule has 0 amide bonds. The topological polar surface area (TPSA) is 49.3 Å². The average molecular weight is 293 g/mol. The molecule has 2 N–H and O–H groups in total. The number of hydrogen-bond donors (Lipinski definition) is 2. The highest BCUT2D eigenvalue weighted by Crippen LogP contribution is 2.28. The van der Waals surface area contributed by atoms with E-state index in [2.05, 4.69) is 35.8 Å². The van der Waals surface area contributed by atoms with Crippen molar-refractivity contribution in [2.75, 3.05) is 12.8 Å². The molecule has 0 unspecified atom stereocenters. The van der Waals surface area contributed by atoms with Crippen LogP contribution in [-0.2, 0) is 11.3 Å². The summed E-state index contributed by atoms with van der Waals surface area (Å²) in [7, 11) is 0. The van der Waals surface area contributed by atoms with Crippen molar-refractivity contribution in [1.29, 1.82) is 0 Å². The minimum absolute atomic E-state index is 0.106. The molecule has 4 heteroatoms. The van der Waals surface area contributed by atoms with E-state index in [4.69, 9.17) is 5.11 Å². The monoisotopic (exact) mass is 293 g/mol. The molecule has 0 spiro atoms. The molecule has 0 saturated heterocycles. The predicted octanol–water partition coefficient (Wildman–Crippen LogP) is 3.39. The van der Waals surface area contributed by atoms with E-state index in [0.717, 1.165) is 38.8 Å². The summed E-state index contributed by atoms with van der Waals surface area (Å²) < 4.78 is 0. The number of thioether (sulfide) groups is 1. The molecule has 1 saturated carbocycles. The summed E-state index contributed by atoms with van der Waals surface area (Å²) in [6, 6.07) is 8.64. The molecule has 110 valence electrons. The Bertz CT molecular complexity index is 425. The number of nitrogens with one attached hydrogen (secondary N) is 1. The van der Waals surface area contributed by atoms with Crippen LogP contribution in [0, 0.1) is 11.8 Å². The normalized spacial score (nSPS) is 22.6. The van der Waals surface area contributed by atoms with E-state index in [-0.39, 0.29) is 5.92 Å². The van der Waals surface area contributed by atoms with Gasteiger partial charge in [-0.25, -0.2) is 0 Å². The lowest BCUT2D eigenvalue weighted by atomic mass is 9.82. The highest BCUT2D eigenvalue weighted by Gasteiger charge is 2.25. The van der Waals surface area contributed by atoms with Crippen LogP contribution in [0.1, 0.15) is 31.2 Å². The molecule has 0 aromatic heterocycles. The first-order chi connectivity index (χ1) is 9.69. The van der Waals surface area contributed by atoms with Gasteiger partial charge in [0.05, 0.1) is 5.92 Å².